The number of para-hydroxylation sites is 1. The minimum atomic E-state index is 0. The van der Waals surface area contributed by atoms with Crippen molar-refractivity contribution in [3.63, 3.8) is 0 Å². The fraction of sp³-hybridized carbons (Fsp3) is 0.381. The number of pyridine rings is 1. The van der Waals surface area contributed by atoms with Crippen LogP contribution in [-0.4, -0.2) is 43.5 Å². The SMILES string of the molecule is CN=C(NCCCC(=O)N1CCc2ccccc21)NCCc1ccccn1.I. The van der Waals surface area contributed by atoms with Gasteiger partial charge in [0.15, 0.2) is 5.96 Å². The monoisotopic (exact) mass is 493 g/mol. The van der Waals surface area contributed by atoms with Crippen LogP contribution in [0.4, 0.5) is 5.69 Å². The Bertz CT molecular complexity index is 781. The molecule has 0 spiro atoms. The van der Waals surface area contributed by atoms with Crippen LogP contribution in [0.3, 0.4) is 0 Å². The summed E-state index contributed by atoms with van der Waals surface area (Å²) in [5.74, 6) is 0.949. The summed E-state index contributed by atoms with van der Waals surface area (Å²) in [5.41, 5.74) is 3.39. The molecule has 0 aliphatic carbocycles. The van der Waals surface area contributed by atoms with Gasteiger partial charge in [-0.25, -0.2) is 0 Å². The van der Waals surface area contributed by atoms with Gasteiger partial charge in [0.2, 0.25) is 5.91 Å². The Balaban J connectivity index is 0.00000280. The van der Waals surface area contributed by atoms with Crippen molar-refractivity contribution in [3.05, 3.63) is 59.9 Å². The molecule has 0 saturated heterocycles. The number of anilines is 1. The first-order chi connectivity index (χ1) is 13.3. The Morgan fingerprint density at radius 2 is 1.93 bits per heavy atom. The van der Waals surface area contributed by atoms with Gasteiger partial charge >= 0.3 is 0 Å². The van der Waals surface area contributed by atoms with Gasteiger partial charge in [-0.2, -0.15) is 0 Å². The van der Waals surface area contributed by atoms with Gasteiger partial charge < -0.3 is 15.5 Å². The third kappa shape index (κ3) is 6.19. The number of fused-ring (bicyclic) bond motifs is 1. The largest absolute Gasteiger partial charge is 0.356 e. The van der Waals surface area contributed by atoms with E-state index in [1.807, 2.05) is 41.3 Å². The average Bonchev–Trinajstić information content (AvgIpc) is 3.14. The Kier molecular flexibility index (Phi) is 9.19. The average molecular weight is 493 g/mol. The van der Waals surface area contributed by atoms with Gasteiger partial charge in [-0.1, -0.05) is 24.3 Å². The van der Waals surface area contributed by atoms with Crippen molar-refractivity contribution in [1.82, 2.24) is 15.6 Å². The highest BCUT2D eigenvalue weighted by Gasteiger charge is 2.23. The molecular weight excluding hydrogens is 465 g/mol. The highest BCUT2D eigenvalue weighted by Crippen LogP contribution is 2.27. The smallest absolute Gasteiger partial charge is 0.227 e. The second-order valence-electron chi connectivity index (χ2n) is 6.52. The zero-order valence-corrected chi connectivity index (χ0v) is 18.6. The molecule has 28 heavy (non-hydrogen) atoms. The molecule has 0 unspecified atom stereocenters. The fourth-order valence-electron chi connectivity index (χ4n) is 3.25. The van der Waals surface area contributed by atoms with E-state index in [1.165, 1.54) is 5.56 Å². The third-order valence-corrected chi connectivity index (χ3v) is 4.67. The van der Waals surface area contributed by atoms with Crippen molar-refractivity contribution in [1.29, 1.82) is 0 Å². The van der Waals surface area contributed by atoms with E-state index in [-0.39, 0.29) is 29.9 Å². The number of guanidine groups is 1. The highest BCUT2D eigenvalue weighted by molar-refractivity contribution is 14.0. The van der Waals surface area contributed by atoms with Gasteiger partial charge in [-0.05, 0) is 36.6 Å². The summed E-state index contributed by atoms with van der Waals surface area (Å²) in [6.45, 7) is 2.27. The van der Waals surface area contributed by atoms with Crippen LogP contribution >= 0.6 is 24.0 Å². The lowest BCUT2D eigenvalue weighted by molar-refractivity contribution is -0.118. The molecule has 1 aliphatic rings. The standard InChI is InChI=1S/C21H27N5O.HI/c1-22-21(25-15-11-18-8-4-5-13-23-18)24-14-6-10-20(27)26-16-12-17-7-2-3-9-19(17)26;/h2-5,7-9,13H,6,10-12,14-16H2,1H3,(H2,22,24,25);1H. The molecule has 3 rings (SSSR count). The number of nitrogens with zero attached hydrogens (tertiary/aromatic N) is 3. The number of aromatic nitrogens is 1. The van der Waals surface area contributed by atoms with E-state index in [1.54, 1.807) is 13.2 Å². The second kappa shape index (κ2) is 11.6. The van der Waals surface area contributed by atoms with Crippen LogP contribution in [-0.2, 0) is 17.6 Å². The number of rotatable bonds is 7. The maximum absolute atomic E-state index is 12.5. The van der Waals surface area contributed by atoms with Crippen molar-refractivity contribution in [2.45, 2.75) is 25.7 Å². The van der Waals surface area contributed by atoms with E-state index in [0.717, 1.165) is 49.7 Å². The second-order valence-corrected chi connectivity index (χ2v) is 6.52. The molecule has 0 radical (unpaired) electrons. The predicted octanol–water partition coefficient (Wildman–Crippen LogP) is 2.78. The first-order valence-electron chi connectivity index (χ1n) is 9.50. The van der Waals surface area contributed by atoms with Crippen LogP contribution in [0.2, 0.25) is 0 Å². The molecule has 2 aromatic rings. The molecular formula is C21H28IN5O. The van der Waals surface area contributed by atoms with Crippen LogP contribution in [0.15, 0.2) is 53.7 Å². The van der Waals surface area contributed by atoms with Crippen molar-refractivity contribution in [2.75, 3.05) is 31.6 Å². The third-order valence-electron chi connectivity index (χ3n) is 4.67. The van der Waals surface area contributed by atoms with Crippen molar-refractivity contribution >= 4 is 41.5 Å². The van der Waals surface area contributed by atoms with Crippen molar-refractivity contribution in [3.8, 4) is 0 Å². The zero-order chi connectivity index (χ0) is 18.9. The number of carbonyl (C=O) groups is 1. The molecule has 0 saturated carbocycles. The number of aliphatic imine (C=N–C) groups is 1. The van der Waals surface area contributed by atoms with Gasteiger partial charge in [0.25, 0.3) is 0 Å². The molecule has 1 aliphatic heterocycles. The minimum Gasteiger partial charge on any atom is -0.356 e. The number of amides is 1. The van der Waals surface area contributed by atoms with E-state index in [4.69, 9.17) is 0 Å². The Morgan fingerprint density at radius 1 is 1.14 bits per heavy atom. The van der Waals surface area contributed by atoms with Crippen LogP contribution in [0.1, 0.15) is 24.1 Å². The molecule has 1 aromatic heterocycles. The molecule has 0 fully saturated rings. The van der Waals surface area contributed by atoms with Gasteiger partial charge in [0.1, 0.15) is 0 Å². The first-order valence-corrected chi connectivity index (χ1v) is 9.50. The van der Waals surface area contributed by atoms with Crippen molar-refractivity contribution in [2.24, 2.45) is 4.99 Å². The molecule has 0 bridgehead atoms. The Hall–Kier alpha value is -2.16. The number of hydrogen-bond donors (Lipinski definition) is 2. The number of benzene rings is 1. The fourth-order valence-corrected chi connectivity index (χ4v) is 3.25. The van der Waals surface area contributed by atoms with Crippen molar-refractivity contribution < 1.29 is 4.79 Å². The molecule has 0 atom stereocenters. The number of carbonyl (C=O) groups excluding carboxylic acids is 1. The molecule has 150 valence electrons. The predicted molar refractivity (Wildman–Crippen MR) is 124 cm³/mol. The summed E-state index contributed by atoms with van der Waals surface area (Å²) in [6.07, 6.45) is 4.91. The molecule has 2 N–H and O–H groups in total. The van der Waals surface area contributed by atoms with Gasteiger partial charge in [-0.15, -0.1) is 24.0 Å². The molecule has 1 aromatic carbocycles. The van der Waals surface area contributed by atoms with Crippen LogP contribution < -0.4 is 15.5 Å². The summed E-state index contributed by atoms with van der Waals surface area (Å²) in [4.78, 5) is 22.9. The minimum absolute atomic E-state index is 0. The summed E-state index contributed by atoms with van der Waals surface area (Å²) in [6, 6.07) is 14.1. The normalized spacial score (nSPS) is 12.9. The molecule has 6 nitrogen and oxygen atoms in total. The zero-order valence-electron chi connectivity index (χ0n) is 16.2. The lowest BCUT2D eigenvalue weighted by Crippen LogP contribution is -2.39. The van der Waals surface area contributed by atoms with Gasteiger partial charge in [0, 0.05) is 57.1 Å². The van der Waals surface area contributed by atoms with E-state index in [9.17, 15) is 4.79 Å². The van der Waals surface area contributed by atoms with E-state index >= 15 is 0 Å². The summed E-state index contributed by atoms with van der Waals surface area (Å²) in [5, 5.41) is 6.55. The number of nitrogens with one attached hydrogen (secondary N) is 2. The van der Waals surface area contributed by atoms with Crippen LogP contribution in [0.5, 0.6) is 0 Å². The quantitative estimate of drug-likeness (QED) is 0.270. The van der Waals surface area contributed by atoms with E-state index in [0.29, 0.717) is 13.0 Å². The van der Waals surface area contributed by atoms with Crippen LogP contribution in [0, 0.1) is 0 Å². The Morgan fingerprint density at radius 3 is 2.71 bits per heavy atom. The van der Waals surface area contributed by atoms with Gasteiger partial charge in [-0.3, -0.25) is 14.8 Å². The summed E-state index contributed by atoms with van der Waals surface area (Å²) < 4.78 is 0. The van der Waals surface area contributed by atoms with E-state index in [2.05, 4.69) is 26.7 Å². The molecule has 1 amide bonds. The number of halogens is 1. The number of hydrogen-bond acceptors (Lipinski definition) is 3. The topological polar surface area (TPSA) is 69.6 Å². The molecule has 2 heterocycles. The molecule has 7 heteroatoms. The maximum Gasteiger partial charge on any atom is 0.227 e. The lowest BCUT2D eigenvalue weighted by Gasteiger charge is -2.17. The summed E-state index contributed by atoms with van der Waals surface area (Å²) >= 11 is 0. The first kappa shape index (κ1) is 22.1. The lowest BCUT2D eigenvalue weighted by atomic mass is 10.2. The van der Waals surface area contributed by atoms with E-state index < -0.39 is 0 Å². The Labute approximate surface area is 183 Å². The summed E-state index contributed by atoms with van der Waals surface area (Å²) in [7, 11) is 1.75. The highest BCUT2D eigenvalue weighted by atomic mass is 127. The maximum atomic E-state index is 12.5. The van der Waals surface area contributed by atoms with Gasteiger partial charge in [0.05, 0.1) is 0 Å². The van der Waals surface area contributed by atoms with Crippen LogP contribution in [0.25, 0.3) is 0 Å².